The maximum absolute atomic E-state index is 11.7. The molecule has 1 aliphatic rings. The van der Waals surface area contributed by atoms with Gasteiger partial charge in [0.1, 0.15) is 0 Å². The summed E-state index contributed by atoms with van der Waals surface area (Å²) in [6.07, 6.45) is 1.77. The molecular weight excluding hydrogens is 166 g/mol. The Morgan fingerprint density at radius 1 is 1.46 bits per heavy atom. The van der Waals surface area contributed by atoms with Gasteiger partial charge >= 0.3 is 0 Å². The molecule has 1 aliphatic heterocycles. The second kappa shape index (κ2) is 3.72. The number of H-pyrrole nitrogens is 1. The van der Waals surface area contributed by atoms with Gasteiger partial charge in [0.2, 0.25) is 0 Å². The van der Waals surface area contributed by atoms with Gasteiger partial charge in [0, 0.05) is 25.8 Å². The van der Waals surface area contributed by atoms with Crippen molar-refractivity contribution in [2.45, 2.75) is 6.04 Å². The molecule has 1 aromatic heterocycles. The van der Waals surface area contributed by atoms with Crippen molar-refractivity contribution in [1.82, 2.24) is 15.6 Å². The van der Waals surface area contributed by atoms with Crippen LogP contribution in [0.1, 0.15) is 10.5 Å². The fourth-order valence-corrected chi connectivity index (χ4v) is 1.51. The molecule has 3 N–H and O–H groups in total. The van der Waals surface area contributed by atoms with Crippen LogP contribution in [-0.4, -0.2) is 36.4 Å². The first-order valence-corrected chi connectivity index (χ1v) is 4.49. The summed E-state index contributed by atoms with van der Waals surface area (Å²) in [5.74, 6) is 0.136. The molecule has 13 heavy (non-hydrogen) atoms. The summed E-state index contributed by atoms with van der Waals surface area (Å²) in [6.45, 7) is 2.52. The molecule has 1 fully saturated rings. The van der Waals surface area contributed by atoms with E-state index in [1.54, 1.807) is 12.3 Å². The quantitative estimate of drug-likeness (QED) is 0.549. The minimum absolute atomic E-state index is 0.0765. The third-order valence-corrected chi connectivity index (χ3v) is 2.22. The minimum atomic E-state index is -0.0765. The zero-order valence-electron chi connectivity index (χ0n) is 7.34. The van der Waals surface area contributed by atoms with E-state index in [1.165, 1.54) is 0 Å². The number of carbonyl (C=O) groups excluding carboxylic acids is 1. The predicted octanol–water partition coefficient (Wildman–Crippen LogP) is -0.241. The first kappa shape index (κ1) is 8.47. The number of hydrogen-bond donors (Lipinski definition) is 3. The Hall–Kier alpha value is -1.13. The normalized spacial score (nSPS) is 22.9. The lowest BCUT2D eigenvalue weighted by Crippen LogP contribution is -2.52. The van der Waals surface area contributed by atoms with Gasteiger partial charge < -0.3 is 15.6 Å². The third kappa shape index (κ3) is 1.79. The maximum atomic E-state index is 11.7. The summed E-state index contributed by atoms with van der Waals surface area (Å²) in [5, 5.41) is 6.36. The zero-order chi connectivity index (χ0) is 9.10. The van der Waals surface area contributed by atoms with Crippen LogP contribution in [0.5, 0.6) is 0 Å². The largest absolute Gasteiger partial charge is 0.359 e. The van der Waals surface area contributed by atoms with Crippen molar-refractivity contribution < 1.29 is 4.79 Å². The Bertz CT molecular complexity index is 275. The van der Waals surface area contributed by atoms with Crippen molar-refractivity contribution in [2.75, 3.05) is 19.6 Å². The van der Waals surface area contributed by atoms with E-state index in [0.29, 0.717) is 5.69 Å². The molecule has 1 aromatic rings. The number of ketones is 1. The summed E-state index contributed by atoms with van der Waals surface area (Å²) >= 11 is 0. The van der Waals surface area contributed by atoms with Crippen LogP contribution in [-0.2, 0) is 0 Å². The zero-order valence-corrected chi connectivity index (χ0v) is 7.34. The summed E-state index contributed by atoms with van der Waals surface area (Å²) < 4.78 is 0. The minimum Gasteiger partial charge on any atom is -0.359 e. The number of piperazine rings is 1. The summed E-state index contributed by atoms with van der Waals surface area (Å²) in [6, 6.07) is 3.56. The van der Waals surface area contributed by atoms with Crippen LogP contribution >= 0.6 is 0 Å². The van der Waals surface area contributed by atoms with Crippen molar-refractivity contribution in [3.8, 4) is 0 Å². The van der Waals surface area contributed by atoms with E-state index in [1.807, 2.05) is 6.07 Å². The molecule has 0 radical (unpaired) electrons. The number of aromatic amines is 1. The van der Waals surface area contributed by atoms with Crippen molar-refractivity contribution in [3.05, 3.63) is 24.0 Å². The van der Waals surface area contributed by atoms with Crippen LogP contribution in [0, 0.1) is 0 Å². The lowest BCUT2D eigenvalue weighted by molar-refractivity contribution is 0.0930. The molecule has 2 heterocycles. The highest BCUT2D eigenvalue weighted by molar-refractivity contribution is 5.98. The molecule has 70 valence electrons. The Morgan fingerprint density at radius 3 is 3.00 bits per heavy atom. The van der Waals surface area contributed by atoms with E-state index < -0.39 is 0 Å². The fraction of sp³-hybridized carbons (Fsp3) is 0.444. The van der Waals surface area contributed by atoms with Crippen LogP contribution in [0.3, 0.4) is 0 Å². The van der Waals surface area contributed by atoms with Gasteiger partial charge in [-0.2, -0.15) is 0 Å². The van der Waals surface area contributed by atoms with E-state index in [-0.39, 0.29) is 11.8 Å². The first-order chi connectivity index (χ1) is 6.38. The Labute approximate surface area is 76.7 Å². The van der Waals surface area contributed by atoms with Gasteiger partial charge in [-0.1, -0.05) is 0 Å². The molecule has 1 atom stereocenters. The number of rotatable bonds is 2. The van der Waals surface area contributed by atoms with Crippen molar-refractivity contribution in [2.24, 2.45) is 0 Å². The lowest BCUT2D eigenvalue weighted by Gasteiger charge is -2.22. The highest BCUT2D eigenvalue weighted by atomic mass is 16.1. The number of Topliss-reactive ketones (excluding diaryl/α,β-unsaturated/α-hetero) is 1. The van der Waals surface area contributed by atoms with E-state index >= 15 is 0 Å². The number of nitrogens with one attached hydrogen (secondary N) is 3. The second-order valence-electron chi connectivity index (χ2n) is 3.16. The second-order valence-corrected chi connectivity index (χ2v) is 3.16. The SMILES string of the molecule is O=C(c1ccc[nH]1)C1CNCCN1. The molecule has 4 heteroatoms. The van der Waals surface area contributed by atoms with E-state index in [0.717, 1.165) is 19.6 Å². The molecule has 0 aromatic carbocycles. The molecule has 0 saturated carbocycles. The summed E-state index contributed by atoms with van der Waals surface area (Å²) in [5.41, 5.74) is 0.682. The van der Waals surface area contributed by atoms with Crippen molar-refractivity contribution >= 4 is 5.78 Å². The smallest absolute Gasteiger partial charge is 0.197 e. The van der Waals surface area contributed by atoms with Crippen LogP contribution in [0.2, 0.25) is 0 Å². The molecule has 1 saturated heterocycles. The van der Waals surface area contributed by atoms with E-state index in [9.17, 15) is 4.79 Å². The van der Waals surface area contributed by atoms with Crippen LogP contribution in [0.4, 0.5) is 0 Å². The molecule has 0 aliphatic carbocycles. The van der Waals surface area contributed by atoms with Crippen LogP contribution < -0.4 is 10.6 Å². The molecular formula is C9H13N3O. The molecule has 0 amide bonds. The Kier molecular flexibility index (Phi) is 2.42. The van der Waals surface area contributed by atoms with Crippen molar-refractivity contribution in [3.63, 3.8) is 0 Å². The molecule has 0 bridgehead atoms. The highest BCUT2D eigenvalue weighted by Crippen LogP contribution is 2.01. The number of carbonyl (C=O) groups is 1. The highest BCUT2D eigenvalue weighted by Gasteiger charge is 2.21. The van der Waals surface area contributed by atoms with E-state index in [4.69, 9.17) is 0 Å². The Balaban J connectivity index is 2.04. The van der Waals surface area contributed by atoms with Gasteiger partial charge in [-0.25, -0.2) is 0 Å². The third-order valence-electron chi connectivity index (χ3n) is 2.22. The number of aromatic nitrogens is 1. The van der Waals surface area contributed by atoms with Gasteiger partial charge in [0.15, 0.2) is 5.78 Å². The molecule has 4 nitrogen and oxygen atoms in total. The fourth-order valence-electron chi connectivity index (χ4n) is 1.51. The average Bonchev–Trinajstić information content (AvgIpc) is 2.71. The molecule has 0 spiro atoms. The standard InChI is InChI=1S/C9H13N3O/c13-9(7-2-1-3-11-7)8-6-10-4-5-12-8/h1-3,8,10-12H,4-6H2. The van der Waals surface area contributed by atoms with Crippen LogP contribution in [0.25, 0.3) is 0 Å². The Morgan fingerprint density at radius 2 is 2.38 bits per heavy atom. The van der Waals surface area contributed by atoms with Gasteiger partial charge in [0.05, 0.1) is 11.7 Å². The van der Waals surface area contributed by atoms with E-state index in [2.05, 4.69) is 15.6 Å². The van der Waals surface area contributed by atoms with Crippen molar-refractivity contribution in [1.29, 1.82) is 0 Å². The van der Waals surface area contributed by atoms with Gasteiger partial charge in [-0.15, -0.1) is 0 Å². The first-order valence-electron chi connectivity index (χ1n) is 4.49. The van der Waals surface area contributed by atoms with Crippen LogP contribution in [0.15, 0.2) is 18.3 Å². The maximum Gasteiger partial charge on any atom is 0.197 e. The lowest BCUT2D eigenvalue weighted by atomic mass is 10.1. The van der Waals surface area contributed by atoms with Gasteiger partial charge in [0.25, 0.3) is 0 Å². The predicted molar refractivity (Wildman–Crippen MR) is 49.8 cm³/mol. The molecule has 1 unspecified atom stereocenters. The summed E-state index contributed by atoms with van der Waals surface area (Å²) in [4.78, 5) is 14.6. The van der Waals surface area contributed by atoms with Gasteiger partial charge in [-0.05, 0) is 12.1 Å². The average molecular weight is 179 g/mol. The monoisotopic (exact) mass is 179 g/mol. The topological polar surface area (TPSA) is 56.9 Å². The number of hydrogen-bond acceptors (Lipinski definition) is 3. The summed E-state index contributed by atoms with van der Waals surface area (Å²) in [7, 11) is 0. The van der Waals surface area contributed by atoms with Gasteiger partial charge in [-0.3, -0.25) is 4.79 Å². The molecule has 2 rings (SSSR count).